The first-order valence-corrected chi connectivity index (χ1v) is 15.5. The van der Waals surface area contributed by atoms with Crippen LogP contribution in [0.15, 0.2) is 79.0 Å². The smallest absolute Gasteiger partial charge is 0.404 e. The van der Waals surface area contributed by atoms with E-state index in [1.54, 1.807) is 60.2 Å². The van der Waals surface area contributed by atoms with E-state index in [2.05, 4.69) is 5.10 Å². The van der Waals surface area contributed by atoms with Gasteiger partial charge < -0.3 is 9.30 Å². The summed E-state index contributed by atoms with van der Waals surface area (Å²) in [6.07, 6.45) is -3.16. The zero-order valence-electron chi connectivity index (χ0n) is 26.9. The van der Waals surface area contributed by atoms with Crippen LogP contribution in [0, 0.1) is 34.5 Å². The normalized spacial score (nSPS) is 12.9. The summed E-state index contributed by atoms with van der Waals surface area (Å²) in [5.41, 5.74) is -0.912. The summed E-state index contributed by atoms with van der Waals surface area (Å²) in [4.78, 5) is 12.4. The fourth-order valence-electron chi connectivity index (χ4n) is 5.79. The maximum Gasteiger partial charge on any atom is 0.404 e. The maximum atomic E-state index is 14.9. The highest BCUT2D eigenvalue weighted by Crippen LogP contribution is 2.40. The first-order valence-electron chi connectivity index (χ1n) is 15.5. The van der Waals surface area contributed by atoms with E-state index in [0.717, 1.165) is 13.8 Å². The van der Waals surface area contributed by atoms with Crippen LogP contribution >= 0.6 is 0 Å². The predicted octanol–water partition coefficient (Wildman–Crippen LogP) is 9.69. The second-order valence-corrected chi connectivity index (χ2v) is 12.6. The minimum atomic E-state index is -4.83. The molecule has 0 N–H and O–H groups in total. The van der Waals surface area contributed by atoms with Crippen LogP contribution in [0.25, 0.3) is 33.1 Å². The van der Waals surface area contributed by atoms with Crippen molar-refractivity contribution in [2.45, 2.75) is 46.0 Å². The molecule has 0 bridgehead atoms. The van der Waals surface area contributed by atoms with Gasteiger partial charge in [-0.15, -0.1) is 0 Å². The van der Waals surface area contributed by atoms with Crippen molar-refractivity contribution < 1.29 is 44.7 Å². The lowest BCUT2D eigenvalue weighted by Crippen LogP contribution is -2.41. The molecule has 0 radical (unpaired) electrons. The zero-order chi connectivity index (χ0) is 36.1. The number of rotatable bonds is 9. The van der Waals surface area contributed by atoms with Crippen LogP contribution in [0.3, 0.4) is 0 Å². The number of alkyl halides is 3. The molecule has 0 aliphatic carbocycles. The van der Waals surface area contributed by atoms with Crippen LogP contribution in [0.1, 0.15) is 43.4 Å². The van der Waals surface area contributed by atoms with Crippen LogP contribution in [0.5, 0.6) is 0 Å². The topological polar surface area (TPSA) is 49.0 Å². The van der Waals surface area contributed by atoms with Crippen molar-refractivity contribution >= 4 is 27.8 Å². The maximum absolute atomic E-state index is 14.9. The monoisotopic (exact) mass is 699 g/mol. The van der Waals surface area contributed by atoms with E-state index >= 15 is 0 Å². The second kappa shape index (κ2) is 12.9. The summed E-state index contributed by atoms with van der Waals surface area (Å²) in [7, 11) is 0. The fourth-order valence-corrected chi connectivity index (χ4v) is 5.79. The van der Waals surface area contributed by atoms with Crippen molar-refractivity contribution in [1.82, 2.24) is 14.3 Å². The third-order valence-corrected chi connectivity index (χ3v) is 8.86. The Balaban J connectivity index is 1.43. The summed E-state index contributed by atoms with van der Waals surface area (Å²) in [5.74, 6) is -6.85. The van der Waals surface area contributed by atoms with Crippen molar-refractivity contribution in [3.63, 3.8) is 0 Å². The van der Waals surface area contributed by atoms with Gasteiger partial charge in [-0.05, 0) is 49.7 Å². The third-order valence-electron chi connectivity index (χ3n) is 8.86. The average molecular weight is 700 g/mol. The molecule has 1 atom stereocenters. The highest BCUT2D eigenvalue weighted by Gasteiger charge is 2.54. The Morgan fingerprint density at radius 1 is 0.820 bits per heavy atom. The van der Waals surface area contributed by atoms with E-state index in [4.69, 9.17) is 4.74 Å². The number of fused-ring (bicyclic) bond motifs is 2. The van der Waals surface area contributed by atoms with Gasteiger partial charge in [0.15, 0.2) is 5.41 Å². The number of benzene rings is 4. The van der Waals surface area contributed by atoms with Crippen molar-refractivity contribution in [3.8, 4) is 11.3 Å². The number of aromatic nitrogens is 3. The number of ether oxygens (including phenoxy) is 1. The van der Waals surface area contributed by atoms with E-state index in [1.165, 1.54) is 22.9 Å². The number of esters is 1. The Bertz CT molecular complexity index is 2210. The molecule has 0 spiro atoms. The van der Waals surface area contributed by atoms with Gasteiger partial charge in [-0.25, -0.2) is 22.0 Å². The molecule has 2 heterocycles. The highest BCUT2D eigenvalue weighted by atomic mass is 19.4. The van der Waals surface area contributed by atoms with Gasteiger partial charge in [-0.3, -0.25) is 9.48 Å². The molecule has 0 aliphatic heterocycles. The quantitative estimate of drug-likeness (QED) is 0.112. The van der Waals surface area contributed by atoms with Gasteiger partial charge in [-0.2, -0.15) is 18.3 Å². The van der Waals surface area contributed by atoms with E-state index < -0.39 is 71.3 Å². The lowest BCUT2D eigenvalue weighted by molar-refractivity contribution is -0.225. The van der Waals surface area contributed by atoms with Gasteiger partial charge in [-0.1, -0.05) is 37.3 Å². The summed E-state index contributed by atoms with van der Waals surface area (Å²) < 4.78 is 121. The first kappa shape index (κ1) is 34.7. The fraction of sp³-hybridized carbons (Fsp3) is 0.243. The Labute approximate surface area is 280 Å². The molecule has 0 aliphatic rings. The number of nitrogens with zero attached hydrogens (tertiary/aromatic N) is 3. The molecular weight excluding hydrogens is 670 g/mol. The Kier molecular flexibility index (Phi) is 8.96. The molecule has 260 valence electrons. The lowest BCUT2D eigenvalue weighted by Gasteiger charge is -2.26. The molecular formula is C37H29F8N3O2. The number of halogens is 8. The number of hydrogen-bond acceptors (Lipinski definition) is 3. The molecule has 2 aromatic heterocycles. The van der Waals surface area contributed by atoms with E-state index in [1.807, 2.05) is 0 Å². The molecule has 0 saturated heterocycles. The molecule has 1 unspecified atom stereocenters. The number of carbonyl (C=O) groups is 1. The first-order chi connectivity index (χ1) is 23.6. The largest absolute Gasteiger partial charge is 0.464 e. The van der Waals surface area contributed by atoms with E-state index in [9.17, 15) is 39.9 Å². The van der Waals surface area contributed by atoms with E-state index in [-0.39, 0.29) is 12.1 Å². The second-order valence-electron chi connectivity index (χ2n) is 12.6. The summed E-state index contributed by atoms with van der Waals surface area (Å²) in [5, 5.41) is 5.84. The molecule has 13 heteroatoms. The van der Waals surface area contributed by atoms with Gasteiger partial charge in [0, 0.05) is 57.2 Å². The Morgan fingerprint density at radius 2 is 1.46 bits per heavy atom. The van der Waals surface area contributed by atoms with Crippen LogP contribution in [0.2, 0.25) is 0 Å². The van der Waals surface area contributed by atoms with Gasteiger partial charge in [0.05, 0.1) is 30.9 Å². The van der Waals surface area contributed by atoms with Crippen LogP contribution in [-0.2, 0) is 22.6 Å². The minimum absolute atomic E-state index is 0.0860. The van der Waals surface area contributed by atoms with E-state index in [0.29, 0.717) is 50.8 Å². The van der Waals surface area contributed by atoms with Gasteiger partial charge in [0.2, 0.25) is 0 Å². The molecule has 4 aromatic carbocycles. The van der Waals surface area contributed by atoms with Crippen molar-refractivity contribution in [2.75, 3.05) is 6.61 Å². The van der Waals surface area contributed by atoms with Crippen molar-refractivity contribution in [3.05, 3.63) is 125 Å². The molecule has 5 nitrogen and oxygen atoms in total. The number of carbonyl (C=O) groups excluding carboxylic acids is 1. The lowest BCUT2D eigenvalue weighted by atomic mass is 9.93. The SMILES string of the molecule is CC(COC(=O)C(C)(C)C(F)(F)F)c1cccc2c(-c3ccc4c(ccn4Cc4c(F)cccc4F)c3)n(Cc3c(F)cc(F)cc3F)nc12. The summed E-state index contributed by atoms with van der Waals surface area (Å²) >= 11 is 0. The average Bonchev–Trinajstić information content (AvgIpc) is 3.62. The highest BCUT2D eigenvalue weighted by molar-refractivity contribution is 5.97. The van der Waals surface area contributed by atoms with Crippen LogP contribution < -0.4 is 0 Å². The Hall–Kier alpha value is -5.20. The summed E-state index contributed by atoms with van der Waals surface area (Å²) in [6.45, 7) is 2.13. The number of hydrogen-bond donors (Lipinski definition) is 0. The molecule has 6 aromatic rings. The standard InChI is InChI=1S/C37H29F8N3O2/c1-20(19-50-35(49)36(2,3)37(43,44)45)24-6-4-7-25-33(24)46-48(18-27-30(41)15-23(38)16-31(27)42)34(25)22-10-11-32-21(14-22)12-13-47(32)17-26-28(39)8-5-9-29(26)40/h4-16,20H,17-19H2,1-3H3. The van der Waals surface area contributed by atoms with Gasteiger partial charge in [0.1, 0.15) is 29.1 Å². The molecule has 6 rings (SSSR count). The molecule has 0 amide bonds. The van der Waals surface area contributed by atoms with Gasteiger partial charge in [0.25, 0.3) is 0 Å². The zero-order valence-corrected chi connectivity index (χ0v) is 26.9. The molecule has 0 fully saturated rings. The minimum Gasteiger partial charge on any atom is -0.464 e. The van der Waals surface area contributed by atoms with Crippen molar-refractivity contribution in [2.24, 2.45) is 5.41 Å². The van der Waals surface area contributed by atoms with Crippen LogP contribution in [0.4, 0.5) is 35.1 Å². The van der Waals surface area contributed by atoms with Gasteiger partial charge >= 0.3 is 12.1 Å². The third kappa shape index (κ3) is 6.32. The summed E-state index contributed by atoms with van der Waals surface area (Å²) in [6, 6.07) is 16.7. The molecule has 50 heavy (non-hydrogen) atoms. The van der Waals surface area contributed by atoms with Crippen molar-refractivity contribution in [1.29, 1.82) is 0 Å². The Morgan fingerprint density at radius 3 is 2.12 bits per heavy atom. The predicted molar refractivity (Wildman–Crippen MR) is 171 cm³/mol. The van der Waals surface area contributed by atoms with Crippen LogP contribution in [-0.4, -0.2) is 33.1 Å². The molecule has 0 saturated carbocycles.